The van der Waals surface area contributed by atoms with Crippen LogP contribution in [0.1, 0.15) is 70.8 Å². The lowest BCUT2D eigenvalue weighted by Gasteiger charge is -2.28. The number of nitrogens with one attached hydrogen (secondary N) is 6. The van der Waals surface area contributed by atoms with Gasteiger partial charge in [0.15, 0.2) is 15.3 Å². The first-order valence-electron chi connectivity index (χ1n) is 29.1. The molecule has 0 saturated carbocycles. The molecule has 0 aliphatic heterocycles. The molecule has 0 saturated heterocycles. The molecule has 0 unspecified atom stereocenters. The molecule has 90 heavy (non-hydrogen) atoms. The summed E-state index contributed by atoms with van der Waals surface area (Å²) in [6.07, 6.45) is 2.68. The molecule has 462 valence electrons. The van der Waals surface area contributed by atoms with Crippen molar-refractivity contribution < 1.29 is 43.4 Å². The topological polar surface area (TPSA) is 280 Å². The molecule has 24 heteroatoms. The Bertz CT molecular complexity index is 3490. The van der Waals surface area contributed by atoms with Crippen LogP contribution < -0.4 is 31.9 Å². The van der Waals surface area contributed by atoms with Crippen LogP contribution in [0.3, 0.4) is 0 Å². The number of non-ortho nitro benzene ring substituents is 3. The van der Waals surface area contributed by atoms with E-state index in [0.717, 1.165) is 50.1 Å². The van der Waals surface area contributed by atoms with Crippen molar-refractivity contribution in [3.05, 3.63) is 226 Å². The third-order valence-electron chi connectivity index (χ3n) is 16.7. The highest BCUT2D eigenvalue weighted by Gasteiger charge is 2.56. The number of nitrogens with zero attached hydrogens (tertiary/aromatic N) is 3. The van der Waals surface area contributed by atoms with E-state index >= 15 is 0 Å². The Morgan fingerprint density at radius 3 is 0.700 bits per heavy atom. The summed E-state index contributed by atoms with van der Waals surface area (Å²) in [6.45, 7) is 5.76. The first-order valence-corrected chi connectivity index (χ1v) is 30.4. The van der Waals surface area contributed by atoms with Gasteiger partial charge < -0.3 is 46.1 Å². The number of fused-ring (bicyclic) bond motifs is 6. The van der Waals surface area contributed by atoms with Crippen molar-refractivity contribution >= 4 is 121 Å². The minimum atomic E-state index is -1.10. The van der Waals surface area contributed by atoms with E-state index in [9.17, 15) is 44.7 Å². The molecule has 0 fully saturated rings. The number of nitro benzene ring substituents is 3. The Hall–Kier alpha value is -9.78. The molecule has 6 N–H and O–H groups in total. The van der Waals surface area contributed by atoms with Gasteiger partial charge in [-0.1, -0.05) is 36.4 Å². The number of ether oxygens (including phenoxy) is 3. The van der Waals surface area contributed by atoms with Crippen LogP contribution in [0.2, 0.25) is 0 Å². The number of carbonyl (C=O) groups is 3. The molecule has 3 aliphatic rings. The Labute approximate surface area is 534 Å². The Kier molecular flexibility index (Phi) is 18.9. The van der Waals surface area contributed by atoms with Crippen LogP contribution in [0.4, 0.5) is 51.2 Å². The van der Waals surface area contributed by atoms with Crippen molar-refractivity contribution in [2.75, 3.05) is 51.7 Å². The van der Waals surface area contributed by atoms with E-state index in [2.05, 4.69) is 31.9 Å². The third kappa shape index (κ3) is 14.0. The van der Waals surface area contributed by atoms with E-state index in [4.69, 9.17) is 50.9 Å². The second-order valence-electron chi connectivity index (χ2n) is 22.7. The number of thiocarbonyl (C=S) groups is 3. The van der Waals surface area contributed by atoms with E-state index in [1.807, 2.05) is 72.8 Å². The van der Waals surface area contributed by atoms with Gasteiger partial charge in [-0.15, -0.1) is 0 Å². The van der Waals surface area contributed by atoms with Crippen LogP contribution in [-0.2, 0) is 86.4 Å². The van der Waals surface area contributed by atoms with Crippen molar-refractivity contribution in [1.29, 1.82) is 0 Å². The van der Waals surface area contributed by atoms with Crippen molar-refractivity contribution in [1.82, 2.24) is 0 Å². The second-order valence-corrected chi connectivity index (χ2v) is 23.9. The number of nitro groups is 3. The van der Waals surface area contributed by atoms with Gasteiger partial charge in [-0.2, -0.15) is 0 Å². The zero-order valence-electron chi connectivity index (χ0n) is 49.3. The lowest BCUT2D eigenvalue weighted by Crippen LogP contribution is -2.37. The molecule has 21 nitrogen and oxygen atoms in total. The van der Waals surface area contributed by atoms with Crippen LogP contribution in [0, 0.1) is 46.6 Å². The number of esters is 3. The molecule has 0 spiro atoms. The summed E-state index contributed by atoms with van der Waals surface area (Å²) < 4.78 is 18.0. The SMILES string of the molecule is CCOC(=O)C1(Cc2ccc(NC(=S)Nc3ccc([N+](=O)[O-])cc3)cc2)Cc2c3c(c4c(c2C1)CC(Cc1ccc(NC(=S)Nc2ccc([N+](=O)[O-])cc2)cc1)(C(=O)OCC)C4)CC(Cc1ccc(NC(=S)Nc2ccc([N+](=O)[O-])cc2)cc1)(C(=O)OCC)C3. The predicted molar refractivity (Wildman–Crippen MR) is 355 cm³/mol. The number of hydrogen-bond acceptors (Lipinski definition) is 15. The van der Waals surface area contributed by atoms with Gasteiger partial charge in [-0.05, 0) is 238 Å². The molecule has 0 radical (unpaired) electrons. The maximum Gasteiger partial charge on any atom is 0.313 e. The van der Waals surface area contributed by atoms with E-state index in [0.29, 0.717) is 91.9 Å². The van der Waals surface area contributed by atoms with Gasteiger partial charge in [0, 0.05) is 70.5 Å². The molecule has 3 aliphatic carbocycles. The van der Waals surface area contributed by atoms with Crippen LogP contribution >= 0.6 is 36.7 Å². The van der Waals surface area contributed by atoms with Crippen LogP contribution in [0.5, 0.6) is 0 Å². The quantitative estimate of drug-likeness (QED) is 0.0128. The molecular weight excluding hydrogens is 1210 g/mol. The largest absolute Gasteiger partial charge is 0.466 e. The number of carbonyl (C=O) groups excluding carboxylic acids is 3. The smallest absolute Gasteiger partial charge is 0.313 e. The van der Waals surface area contributed by atoms with Crippen LogP contribution in [-0.4, -0.2) is 67.8 Å². The molecule has 0 atom stereocenters. The lowest BCUT2D eigenvalue weighted by molar-refractivity contribution is -0.385. The molecule has 0 heterocycles. The molecule has 7 aromatic carbocycles. The van der Waals surface area contributed by atoms with E-state index in [1.165, 1.54) is 36.4 Å². The van der Waals surface area contributed by atoms with Crippen LogP contribution in [0.15, 0.2) is 146 Å². The maximum absolute atomic E-state index is 14.9. The van der Waals surface area contributed by atoms with Gasteiger partial charge in [0.1, 0.15) is 0 Å². The first kappa shape index (κ1) is 63.2. The third-order valence-corrected chi connectivity index (χ3v) is 17.3. The predicted octanol–water partition coefficient (Wildman–Crippen LogP) is 12.5. The van der Waals surface area contributed by atoms with E-state index in [1.54, 1.807) is 57.2 Å². The highest BCUT2D eigenvalue weighted by Crippen LogP contribution is 2.56. The van der Waals surface area contributed by atoms with Crippen LogP contribution in [0.25, 0.3) is 0 Å². The summed E-state index contributed by atoms with van der Waals surface area (Å²) in [5, 5.41) is 53.1. The second kappa shape index (κ2) is 26.9. The first-order chi connectivity index (χ1) is 43.2. The standard InChI is InChI=1S/C66H63N9O12S3/c1-4-85-58(76)64(31-40-7-13-43(14-8-40)67-61(88)70-46-19-25-49(26-20-46)73(79)80)34-52-53(35-64)55-37-66(60(78)87-6-3,33-42-11-17-45(18-12-42)69-63(90)72-48-23-29-51(30-24-48)75(83)84)39-57(55)56-38-65(36-54(52)56,59(77)86-5-2)32-41-9-15-44(16-10-41)68-62(89)71-47-21-27-50(28-22-47)74(81)82/h7-30H,4-6,31-39H2,1-3H3,(H2,67,70,88)(H2,68,71,89)(H2,69,72,90). The molecule has 0 bridgehead atoms. The Balaban J connectivity index is 0.968. The number of benzene rings is 7. The molecule has 10 rings (SSSR count). The fourth-order valence-electron chi connectivity index (χ4n) is 12.6. The molecular formula is C66H63N9O12S3. The Morgan fingerprint density at radius 2 is 0.533 bits per heavy atom. The summed E-state index contributed by atoms with van der Waals surface area (Å²) in [5.74, 6) is -1.09. The average molecular weight is 1270 g/mol. The van der Waals surface area contributed by atoms with Crippen molar-refractivity contribution in [3.8, 4) is 0 Å². The molecule has 0 amide bonds. The minimum Gasteiger partial charge on any atom is -0.466 e. The summed E-state index contributed by atoms with van der Waals surface area (Å²) in [4.78, 5) is 77.0. The summed E-state index contributed by atoms with van der Waals surface area (Å²) in [6, 6.07) is 40.5. The van der Waals surface area contributed by atoms with E-state index < -0.39 is 31.0 Å². The molecule has 0 aromatic heterocycles. The fourth-order valence-corrected chi connectivity index (χ4v) is 13.3. The number of anilines is 6. The van der Waals surface area contributed by atoms with Crippen molar-refractivity contribution in [2.24, 2.45) is 16.2 Å². The zero-order valence-corrected chi connectivity index (χ0v) is 51.8. The van der Waals surface area contributed by atoms with Gasteiger partial charge in [0.25, 0.3) is 17.1 Å². The summed E-state index contributed by atoms with van der Waals surface area (Å²) in [5.41, 5.74) is 8.59. The normalized spacial score (nSPS) is 17.5. The highest BCUT2D eigenvalue weighted by molar-refractivity contribution is 7.81. The summed E-state index contributed by atoms with van der Waals surface area (Å²) >= 11 is 16.8. The van der Waals surface area contributed by atoms with Gasteiger partial charge in [-0.25, -0.2) is 0 Å². The zero-order chi connectivity index (χ0) is 63.9. The van der Waals surface area contributed by atoms with E-state index in [-0.39, 0.29) is 70.1 Å². The average Bonchev–Trinajstić information content (AvgIpc) is 1.54. The minimum absolute atomic E-state index is 0.0483. The van der Waals surface area contributed by atoms with Crippen molar-refractivity contribution in [2.45, 2.75) is 78.6 Å². The van der Waals surface area contributed by atoms with Gasteiger partial charge >= 0.3 is 17.9 Å². The van der Waals surface area contributed by atoms with Gasteiger partial charge in [0.2, 0.25) is 0 Å². The Morgan fingerprint density at radius 1 is 0.356 bits per heavy atom. The molecule has 7 aromatic rings. The van der Waals surface area contributed by atoms with Gasteiger partial charge in [0.05, 0.1) is 50.8 Å². The van der Waals surface area contributed by atoms with Crippen molar-refractivity contribution in [3.63, 3.8) is 0 Å². The fraction of sp³-hybridized carbons (Fsp3) is 0.273. The maximum atomic E-state index is 14.9. The highest BCUT2D eigenvalue weighted by atomic mass is 32.1. The lowest BCUT2D eigenvalue weighted by atomic mass is 9.77. The summed E-state index contributed by atoms with van der Waals surface area (Å²) in [7, 11) is 0. The number of rotatable bonds is 21. The van der Waals surface area contributed by atoms with Gasteiger partial charge in [-0.3, -0.25) is 44.7 Å². The monoisotopic (exact) mass is 1270 g/mol. The number of hydrogen-bond donors (Lipinski definition) is 6.